The fourth-order valence-corrected chi connectivity index (χ4v) is 1.73. The quantitative estimate of drug-likeness (QED) is 0.382. The van der Waals surface area contributed by atoms with Gasteiger partial charge in [0.15, 0.2) is 17.3 Å². The first-order valence-electron chi connectivity index (χ1n) is 5.79. The number of hydrogen-bond acceptors (Lipinski definition) is 6. The molecule has 0 fully saturated rings. The zero-order valence-electron chi connectivity index (χ0n) is 10.3. The molecule has 2 aromatic rings. The first kappa shape index (κ1) is 12.1. The van der Waals surface area contributed by atoms with E-state index in [1.54, 1.807) is 36.4 Å². The lowest BCUT2D eigenvalue weighted by Crippen LogP contribution is -2.14. The molecule has 7 nitrogen and oxygen atoms in total. The molecule has 0 bridgehead atoms. The number of ether oxygens (including phenoxy) is 3. The van der Waals surface area contributed by atoms with Crippen molar-refractivity contribution < 1.29 is 19.4 Å². The normalized spacial score (nSPS) is 13.3. The van der Waals surface area contributed by atoms with Gasteiger partial charge in [-0.15, -0.1) is 0 Å². The molecule has 0 saturated carbocycles. The highest BCUT2D eigenvalue weighted by Gasteiger charge is 2.14. The molecule has 1 aliphatic rings. The Morgan fingerprint density at radius 1 is 1.25 bits per heavy atom. The van der Waals surface area contributed by atoms with Crippen LogP contribution in [0.5, 0.6) is 23.1 Å². The van der Waals surface area contributed by atoms with Crippen LogP contribution in [0, 0.1) is 0 Å². The van der Waals surface area contributed by atoms with Gasteiger partial charge in [-0.3, -0.25) is 0 Å². The average molecular weight is 273 g/mol. The van der Waals surface area contributed by atoms with E-state index in [2.05, 4.69) is 10.1 Å². The standard InChI is InChI=1S/C13H11N3O4/c14-13(16-17)9-2-1-3-12(15-9)20-8-4-5-10-11(6-8)19-7-18-10/h1-6,17H,7H2,(H2,14,16). The molecule has 0 radical (unpaired) electrons. The van der Waals surface area contributed by atoms with Crippen LogP contribution < -0.4 is 19.9 Å². The number of benzene rings is 1. The maximum atomic E-state index is 8.63. The van der Waals surface area contributed by atoms with Crippen LogP contribution in [-0.2, 0) is 0 Å². The smallest absolute Gasteiger partial charge is 0.231 e. The molecule has 0 spiro atoms. The second kappa shape index (κ2) is 4.96. The molecular weight excluding hydrogens is 262 g/mol. The maximum absolute atomic E-state index is 8.63. The van der Waals surface area contributed by atoms with Crippen molar-refractivity contribution >= 4 is 5.84 Å². The summed E-state index contributed by atoms with van der Waals surface area (Å²) in [6.07, 6.45) is 0. The van der Waals surface area contributed by atoms with Gasteiger partial charge in [-0.05, 0) is 18.2 Å². The number of oxime groups is 1. The van der Waals surface area contributed by atoms with Crippen molar-refractivity contribution in [2.45, 2.75) is 0 Å². The molecule has 1 aromatic carbocycles. The highest BCUT2D eigenvalue weighted by molar-refractivity contribution is 5.95. The summed E-state index contributed by atoms with van der Waals surface area (Å²) in [6.45, 7) is 0.204. The van der Waals surface area contributed by atoms with Crippen LogP contribution >= 0.6 is 0 Å². The SMILES string of the molecule is NC(=NO)c1cccc(Oc2ccc3c(c2)OCO3)n1. The Labute approximate surface area is 114 Å². The lowest BCUT2D eigenvalue weighted by Gasteiger charge is -2.06. The van der Waals surface area contributed by atoms with Crippen LogP contribution in [0.1, 0.15) is 5.69 Å². The molecule has 0 atom stereocenters. The summed E-state index contributed by atoms with van der Waals surface area (Å²) in [4.78, 5) is 4.12. The van der Waals surface area contributed by atoms with Gasteiger partial charge in [-0.2, -0.15) is 0 Å². The van der Waals surface area contributed by atoms with Gasteiger partial charge in [-0.25, -0.2) is 4.98 Å². The van der Waals surface area contributed by atoms with Gasteiger partial charge in [0.25, 0.3) is 0 Å². The van der Waals surface area contributed by atoms with Crippen molar-refractivity contribution in [1.82, 2.24) is 4.98 Å². The van der Waals surface area contributed by atoms with Crippen molar-refractivity contribution in [3.63, 3.8) is 0 Å². The summed E-state index contributed by atoms with van der Waals surface area (Å²) in [5.74, 6) is 2.10. The summed E-state index contributed by atoms with van der Waals surface area (Å²) < 4.78 is 16.1. The second-order valence-corrected chi connectivity index (χ2v) is 3.96. The first-order chi connectivity index (χ1) is 9.76. The van der Waals surface area contributed by atoms with E-state index < -0.39 is 0 Å². The summed E-state index contributed by atoms with van der Waals surface area (Å²) >= 11 is 0. The molecule has 0 unspecified atom stereocenters. The van der Waals surface area contributed by atoms with Crippen LogP contribution in [0.2, 0.25) is 0 Å². The summed E-state index contributed by atoms with van der Waals surface area (Å²) in [6, 6.07) is 10.2. The fourth-order valence-electron chi connectivity index (χ4n) is 1.73. The van der Waals surface area contributed by atoms with Crippen LogP contribution in [0.15, 0.2) is 41.6 Å². The summed E-state index contributed by atoms with van der Waals surface area (Å²) in [5, 5.41) is 11.5. The molecule has 1 aromatic heterocycles. The third kappa shape index (κ3) is 2.28. The van der Waals surface area contributed by atoms with Gasteiger partial charge in [-0.1, -0.05) is 11.2 Å². The van der Waals surface area contributed by atoms with E-state index in [1.807, 2.05) is 0 Å². The predicted octanol–water partition coefficient (Wildman–Crippen LogP) is 1.70. The molecule has 20 heavy (non-hydrogen) atoms. The minimum atomic E-state index is -0.0823. The number of aromatic nitrogens is 1. The molecule has 3 N–H and O–H groups in total. The molecular formula is C13H11N3O4. The molecule has 102 valence electrons. The number of nitrogens with zero attached hydrogens (tertiary/aromatic N) is 2. The van der Waals surface area contributed by atoms with E-state index in [1.165, 1.54) is 0 Å². The van der Waals surface area contributed by atoms with E-state index in [9.17, 15) is 0 Å². The first-order valence-corrected chi connectivity index (χ1v) is 5.79. The van der Waals surface area contributed by atoms with Gasteiger partial charge < -0.3 is 25.2 Å². The molecule has 7 heteroatoms. The number of rotatable bonds is 3. The monoisotopic (exact) mass is 273 g/mol. The van der Waals surface area contributed by atoms with Crippen molar-refractivity contribution in [2.75, 3.05) is 6.79 Å². The van der Waals surface area contributed by atoms with Crippen molar-refractivity contribution in [1.29, 1.82) is 0 Å². The van der Waals surface area contributed by atoms with Gasteiger partial charge in [0.2, 0.25) is 12.7 Å². The number of fused-ring (bicyclic) bond motifs is 1. The lowest BCUT2D eigenvalue weighted by atomic mass is 10.3. The van der Waals surface area contributed by atoms with Gasteiger partial charge in [0.1, 0.15) is 11.4 Å². The topological polar surface area (TPSA) is 99.2 Å². The van der Waals surface area contributed by atoms with Crippen molar-refractivity contribution in [3.05, 3.63) is 42.1 Å². The minimum Gasteiger partial charge on any atom is -0.454 e. The summed E-state index contributed by atoms with van der Waals surface area (Å²) in [5.41, 5.74) is 5.80. The Kier molecular flexibility index (Phi) is 3.00. The van der Waals surface area contributed by atoms with Crippen LogP contribution in [0.3, 0.4) is 0 Å². The highest BCUT2D eigenvalue weighted by atomic mass is 16.7. The Balaban J connectivity index is 1.84. The molecule has 0 aliphatic carbocycles. The predicted molar refractivity (Wildman–Crippen MR) is 69.4 cm³/mol. The van der Waals surface area contributed by atoms with E-state index in [0.717, 1.165) is 0 Å². The van der Waals surface area contributed by atoms with Gasteiger partial charge in [0.05, 0.1) is 0 Å². The molecule has 0 saturated heterocycles. The maximum Gasteiger partial charge on any atom is 0.231 e. The Morgan fingerprint density at radius 3 is 2.95 bits per heavy atom. The number of amidine groups is 1. The third-order valence-electron chi connectivity index (χ3n) is 2.66. The van der Waals surface area contributed by atoms with Crippen molar-refractivity contribution in [3.8, 4) is 23.1 Å². The fraction of sp³-hybridized carbons (Fsp3) is 0.0769. The van der Waals surface area contributed by atoms with E-state index >= 15 is 0 Å². The van der Waals surface area contributed by atoms with Crippen LogP contribution in [0.25, 0.3) is 0 Å². The zero-order chi connectivity index (χ0) is 13.9. The third-order valence-corrected chi connectivity index (χ3v) is 2.66. The lowest BCUT2D eigenvalue weighted by molar-refractivity contribution is 0.174. The van der Waals surface area contributed by atoms with E-state index in [-0.39, 0.29) is 12.6 Å². The Hall–Kier alpha value is -2.96. The largest absolute Gasteiger partial charge is 0.454 e. The molecule has 2 heterocycles. The van der Waals surface area contributed by atoms with Gasteiger partial charge in [0, 0.05) is 12.1 Å². The van der Waals surface area contributed by atoms with E-state index in [0.29, 0.717) is 28.8 Å². The Bertz CT molecular complexity index is 672. The van der Waals surface area contributed by atoms with Crippen LogP contribution in [-0.4, -0.2) is 22.8 Å². The van der Waals surface area contributed by atoms with Crippen molar-refractivity contribution in [2.24, 2.45) is 10.9 Å². The molecule has 3 rings (SSSR count). The molecule has 0 amide bonds. The highest BCUT2D eigenvalue weighted by Crippen LogP contribution is 2.36. The average Bonchev–Trinajstić information content (AvgIpc) is 2.94. The molecule has 1 aliphatic heterocycles. The Morgan fingerprint density at radius 2 is 2.10 bits per heavy atom. The van der Waals surface area contributed by atoms with Crippen LogP contribution in [0.4, 0.5) is 0 Å². The zero-order valence-corrected chi connectivity index (χ0v) is 10.3. The number of hydrogen-bond donors (Lipinski definition) is 2. The number of nitrogens with two attached hydrogens (primary N) is 1. The second-order valence-electron chi connectivity index (χ2n) is 3.96. The minimum absolute atomic E-state index is 0.0823. The summed E-state index contributed by atoms with van der Waals surface area (Å²) in [7, 11) is 0. The van der Waals surface area contributed by atoms with Gasteiger partial charge >= 0.3 is 0 Å². The number of pyridine rings is 1. The van der Waals surface area contributed by atoms with E-state index in [4.69, 9.17) is 25.2 Å².